The van der Waals surface area contributed by atoms with Crippen LogP contribution in [0.2, 0.25) is 0 Å². The lowest BCUT2D eigenvalue weighted by molar-refractivity contribution is -0.298. The van der Waals surface area contributed by atoms with E-state index < -0.39 is 59.9 Å². The molecule has 0 aromatic heterocycles. The lowest BCUT2D eigenvalue weighted by Gasteiger charge is -2.41. The van der Waals surface area contributed by atoms with Gasteiger partial charge >= 0.3 is 10.4 Å². The van der Waals surface area contributed by atoms with Crippen molar-refractivity contribution >= 4 is 16.3 Å². The van der Waals surface area contributed by atoms with E-state index in [4.69, 9.17) is 9.47 Å². The number of carbonyl (C=O) groups is 1. The van der Waals surface area contributed by atoms with Crippen LogP contribution in [0.5, 0.6) is 0 Å². The Hall–Kier alpha value is -1.16. The molecule has 1 saturated heterocycles. The Balaban J connectivity index is 2.38. The summed E-state index contributed by atoms with van der Waals surface area (Å²) in [5, 5.41) is 45.0. The predicted octanol–water partition coefficient (Wildman–Crippen LogP) is 13.1. The van der Waals surface area contributed by atoms with Crippen molar-refractivity contribution < 1.29 is 51.8 Å². The van der Waals surface area contributed by atoms with E-state index in [1.807, 2.05) is 6.08 Å². The van der Waals surface area contributed by atoms with Crippen LogP contribution in [0, 0.1) is 0 Å². The van der Waals surface area contributed by atoms with Gasteiger partial charge in [-0.3, -0.25) is 9.35 Å². The van der Waals surface area contributed by atoms with Crippen LogP contribution in [-0.4, -0.2) is 95.4 Å². The summed E-state index contributed by atoms with van der Waals surface area (Å²) in [6.45, 7) is 3.44. The molecule has 1 aliphatic rings. The Labute approximate surface area is 417 Å². The zero-order chi connectivity index (χ0) is 49.8. The maximum Gasteiger partial charge on any atom is 0.397 e. The molecule has 0 radical (unpaired) electrons. The molecule has 7 unspecified atom stereocenters. The van der Waals surface area contributed by atoms with Gasteiger partial charge in [-0.05, 0) is 19.3 Å². The van der Waals surface area contributed by atoms with E-state index in [1.165, 1.54) is 212 Å². The predicted molar refractivity (Wildman–Crippen MR) is 278 cm³/mol. The average molecular weight is 991 g/mol. The number of hydrogen-bond acceptors (Lipinski definition) is 10. The smallest absolute Gasteiger partial charge is 0.394 e. The molecule has 68 heavy (non-hydrogen) atoms. The van der Waals surface area contributed by atoms with Crippen molar-refractivity contribution in [3.8, 4) is 0 Å². The van der Waals surface area contributed by atoms with Gasteiger partial charge in [0.15, 0.2) is 6.29 Å². The Kier molecular flexibility index (Phi) is 43.6. The van der Waals surface area contributed by atoms with Crippen LogP contribution >= 0.6 is 0 Å². The SMILES string of the molecule is CCCCCCCCCCCCCCCCCCC/C=C/C(O)C(COC1OC(CO)C(O)C(OS(=O)(=O)O)C1O)NC(=O)CCCCCCCCCCCCCCCCCCCCCCCC. The highest BCUT2D eigenvalue weighted by molar-refractivity contribution is 7.80. The fourth-order valence-electron chi connectivity index (χ4n) is 9.40. The molecule has 0 spiro atoms. The standard InChI is InChI=1S/C55H107NO11S/c1-3-5-7-9-11-13-15-17-19-21-23-24-25-27-29-31-33-35-37-39-41-43-45-51(59)56-48(47-65-55-53(61)54(67-68(62,63)64)52(60)50(46-57)66-55)49(58)44-42-40-38-36-34-32-30-28-26-22-20-18-16-14-12-10-8-6-4-2/h42,44,48-50,52-55,57-58,60-61H,3-41,43,45-47H2,1-2H3,(H,56,59)(H,62,63,64)/b44-42+. The van der Waals surface area contributed by atoms with Crippen molar-refractivity contribution in [2.45, 2.75) is 320 Å². The highest BCUT2D eigenvalue weighted by atomic mass is 32.3. The Bertz CT molecular complexity index is 1260. The summed E-state index contributed by atoms with van der Waals surface area (Å²) in [4.78, 5) is 13.1. The summed E-state index contributed by atoms with van der Waals surface area (Å²) in [7, 11) is -5.09. The highest BCUT2D eigenvalue weighted by Crippen LogP contribution is 2.26. The van der Waals surface area contributed by atoms with Gasteiger partial charge in [-0.15, -0.1) is 0 Å². The number of unbranched alkanes of at least 4 members (excludes halogenated alkanes) is 38. The molecule has 6 N–H and O–H groups in total. The van der Waals surface area contributed by atoms with E-state index in [0.29, 0.717) is 6.42 Å². The molecule has 1 fully saturated rings. The maximum absolute atomic E-state index is 13.1. The van der Waals surface area contributed by atoms with E-state index in [1.54, 1.807) is 6.08 Å². The summed E-state index contributed by atoms with van der Waals surface area (Å²) in [5.74, 6) is -0.256. The zero-order valence-electron chi connectivity index (χ0n) is 43.7. The third-order valence-electron chi connectivity index (χ3n) is 13.8. The summed E-state index contributed by atoms with van der Waals surface area (Å²) in [6.07, 6.45) is 45.4. The molecule has 7 atom stereocenters. The lowest BCUT2D eigenvalue weighted by Crippen LogP contribution is -2.61. The average Bonchev–Trinajstić information content (AvgIpc) is 3.31. The number of hydrogen-bond donors (Lipinski definition) is 6. The molecule has 404 valence electrons. The van der Waals surface area contributed by atoms with E-state index in [2.05, 4.69) is 23.3 Å². The van der Waals surface area contributed by atoms with Gasteiger partial charge in [0.05, 0.1) is 25.4 Å². The zero-order valence-corrected chi connectivity index (χ0v) is 44.5. The van der Waals surface area contributed by atoms with Gasteiger partial charge in [0.1, 0.15) is 24.4 Å². The van der Waals surface area contributed by atoms with E-state index in [-0.39, 0.29) is 18.9 Å². The number of amides is 1. The second-order valence-electron chi connectivity index (χ2n) is 20.2. The van der Waals surface area contributed by atoms with Gasteiger partial charge in [0.25, 0.3) is 0 Å². The molecule has 0 aliphatic carbocycles. The number of aliphatic hydroxyl groups excluding tert-OH is 4. The molecule has 1 rings (SSSR count). The van der Waals surface area contributed by atoms with Crippen LogP contribution in [0.3, 0.4) is 0 Å². The Morgan fingerprint density at radius 1 is 0.574 bits per heavy atom. The minimum absolute atomic E-state index is 0.256. The quantitative estimate of drug-likeness (QED) is 0.0193. The molecule has 0 aromatic rings. The molecule has 1 amide bonds. The summed E-state index contributed by atoms with van der Waals surface area (Å²) < 4.78 is 47.8. The molecule has 13 heteroatoms. The monoisotopic (exact) mass is 990 g/mol. The van der Waals surface area contributed by atoms with Gasteiger partial charge in [-0.25, -0.2) is 4.18 Å². The van der Waals surface area contributed by atoms with Crippen molar-refractivity contribution in [2.75, 3.05) is 13.2 Å². The van der Waals surface area contributed by atoms with Crippen LogP contribution in [0.25, 0.3) is 0 Å². The van der Waals surface area contributed by atoms with Gasteiger partial charge in [0, 0.05) is 6.42 Å². The first kappa shape index (κ1) is 64.9. The topological polar surface area (TPSA) is 192 Å². The molecule has 1 heterocycles. The number of carbonyl (C=O) groups excluding carboxylic acids is 1. The van der Waals surface area contributed by atoms with Gasteiger partial charge in [0.2, 0.25) is 5.91 Å². The molecule has 12 nitrogen and oxygen atoms in total. The minimum Gasteiger partial charge on any atom is -0.394 e. The van der Waals surface area contributed by atoms with Crippen molar-refractivity contribution in [3.05, 3.63) is 12.2 Å². The van der Waals surface area contributed by atoms with Gasteiger partial charge < -0.3 is 35.2 Å². The molecular formula is C55H107NO11S. The normalized spacial score (nSPS) is 19.8. The second kappa shape index (κ2) is 45.7. The van der Waals surface area contributed by atoms with Crippen LogP contribution in [-0.2, 0) is 28.9 Å². The van der Waals surface area contributed by atoms with Crippen molar-refractivity contribution in [2.24, 2.45) is 0 Å². The van der Waals surface area contributed by atoms with E-state index >= 15 is 0 Å². The van der Waals surface area contributed by atoms with Crippen LogP contribution in [0.4, 0.5) is 0 Å². The van der Waals surface area contributed by atoms with Crippen molar-refractivity contribution in [1.29, 1.82) is 0 Å². The van der Waals surface area contributed by atoms with E-state index in [9.17, 15) is 38.2 Å². The Morgan fingerprint density at radius 3 is 1.28 bits per heavy atom. The highest BCUT2D eigenvalue weighted by Gasteiger charge is 2.48. The first-order valence-corrected chi connectivity index (χ1v) is 29.9. The summed E-state index contributed by atoms with van der Waals surface area (Å²) >= 11 is 0. The molecule has 1 aliphatic heterocycles. The summed E-state index contributed by atoms with van der Waals surface area (Å²) in [6, 6.07) is -0.940. The van der Waals surface area contributed by atoms with Crippen LogP contribution < -0.4 is 5.32 Å². The first-order valence-electron chi connectivity index (χ1n) is 28.6. The lowest BCUT2D eigenvalue weighted by atomic mass is 9.99. The van der Waals surface area contributed by atoms with Crippen LogP contribution in [0.1, 0.15) is 277 Å². The Morgan fingerprint density at radius 2 is 0.926 bits per heavy atom. The first-order chi connectivity index (χ1) is 33.0. The third kappa shape index (κ3) is 37.6. The molecule has 0 bridgehead atoms. The van der Waals surface area contributed by atoms with Crippen molar-refractivity contribution in [1.82, 2.24) is 5.32 Å². The number of allylic oxidation sites excluding steroid dienone is 1. The fraction of sp³-hybridized carbons (Fsp3) is 0.945. The van der Waals surface area contributed by atoms with Gasteiger partial charge in [-0.1, -0.05) is 264 Å². The molecular weight excluding hydrogens is 883 g/mol. The number of rotatable bonds is 50. The van der Waals surface area contributed by atoms with Gasteiger partial charge in [-0.2, -0.15) is 8.42 Å². The minimum atomic E-state index is -5.09. The maximum atomic E-state index is 13.1. The number of nitrogens with one attached hydrogen (secondary N) is 1. The number of ether oxygens (including phenoxy) is 2. The second-order valence-corrected chi connectivity index (χ2v) is 21.3. The summed E-state index contributed by atoms with van der Waals surface area (Å²) in [5.41, 5.74) is 0. The van der Waals surface area contributed by atoms with E-state index in [0.717, 1.165) is 38.5 Å². The third-order valence-corrected chi connectivity index (χ3v) is 14.3. The van der Waals surface area contributed by atoms with Crippen molar-refractivity contribution in [3.63, 3.8) is 0 Å². The molecule has 0 aromatic carbocycles. The fourth-order valence-corrected chi connectivity index (χ4v) is 9.91. The largest absolute Gasteiger partial charge is 0.397 e. The molecule has 0 saturated carbocycles. The van der Waals surface area contributed by atoms with Crippen LogP contribution in [0.15, 0.2) is 12.2 Å². The number of aliphatic hydroxyl groups is 4.